The highest BCUT2D eigenvalue weighted by atomic mass is 35.5. The van der Waals surface area contributed by atoms with E-state index >= 15 is 0 Å². The standard InChI is InChI=1S/C4H4N2O2.2ClH/c7-4(8)3-5-1-2-6-3;;/h1-2H,(H,5,6)(H,7,8);2*1H. The first kappa shape index (κ1) is 12.0. The van der Waals surface area contributed by atoms with Gasteiger partial charge in [-0.2, -0.15) is 0 Å². The molecule has 4 nitrogen and oxygen atoms in total. The molecule has 0 aliphatic heterocycles. The lowest BCUT2D eigenvalue weighted by atomic mass is 10.7. The van der Waals surface area contributed by atoms with Crippen LogP contribution in [0.2, 0.25) is 0 Å². The van der Waals surface area contributed by atoms with E-state index in [-0.39, 0.29) is 30.6 Å². The number of imidazole rings is 1. The summed E-state index contributed by atoms with van der Waals surface area (Å²) in [6.45, 7) is 0. The SMILES string of the molecule is Cl.Cl.O=C(O)c1ncc[nH]1. The number of aromatic carboxylic acids is 1. The Labute approximate surface area is 69.5 Å². The number of nitrogens with zero attached hydrogens (tertiary/aromatic N) is 1. The molecule has 58 valence electrons. The Morgan fingerprint density at radius 2 is 2.20 bits per heavy atom. The van der Waals surface area contributed by atoms with Gasteiger partial charge in [-0.3, -0.25) is 0 Å². The van der Waals surface area contributed by atoms with Gasteiger partial charge in [-0.05, 0) is 0 Å². The third-order valence-corrected chi connectivity index (χ3v) is 0.701. The van der Waals surface area contributed by atoms with Gasteiger partial charge < -0.3 is 10.1 Å². The van der Waals surface area contributed by atoms with E-state index in [9.17, 15) is 4.79 Å². The Kier molecular flexibility index (Phi) is 6.09. The van der Waals surface area contributed by atoms with Crippen LogP contribution in [0.1, 0.15) is 10.6 Å². The van der Waals surface area contributed by atoms with E-state index in [1.807, 2.05) is 0 Å². The first-order chi connectivity index (χ1) is 3.80. The van der Waals surface area contributed by atoms with Crippen molar-refractivity contribution in [2.45, 2.75) is 0 Å². The topological polar surface area (TPSA) is 66.0 Å². The highest BCUT2D eigenvalue weighted by molar-refractivity contribution is 5.85. The fraction of sp³-hybridized carbons (Fsp3) is 0. The van der Waals surface area contributed by atoms with Crippen LogP contribution in [-0.4, -0.2) is 21.0 Å². The molecule has 10 heavy (non-hydrogen) atoms. The number of halogens is 2. The first-order valence-corrected chi connectivity index (χ1v) is 2.03. The normalized spacial score (nSPS) is 7.20. The molecule has 0 aliphatic rings. The van der Waals surface area contributed by atoms with Crippen molar-refractivity contribution < 1.29 is 9.90 Å². The van der Waals surface area contributed by atoms with Gasteiger partial charge in [0.15, 0.2) is 0 Å². The molecule has 1 heterocycles. The van der Waals surface area contributed by atoms with Crippen LogP contribution in [0.4, 0.5) is 0 Å². The van der Waals surface area contributed by atoms with Crippen molar-refractivity contribution in [1.29, 1.82) is 0 Å². The van der Waals surface area contributed by atoms with E-state index in [2.05, 4.69) is 9.97 Å². The lowest BCUT2D eigenvalue weighted by Gasteiger charge is -1.79. The molecule has 0 saturated carbocycles. The van der Waals surface area contributed by atoms with E-state index in [0.717, 1.165) is 0 Å². The highest BCUT2D eigenvalue weighted by Crippen LogP contribution is 1.84. The number of carbonyl (C=O) groups is 1. The van der Waals surface area contributed by atoms with E-state index in [4.69, 9.17) is 5.11 Å². The van der Waals surface area contributed by atoms with Gasteiger partial charge in [-0.25, -0.2) is 9.78 Å². The average molecular weight is 185 g/mol. The van der Waals surface area contributed by atoms with Crippen LogP contribution >= 0.6 is 24.8 Å². The van der Waals surface area contributed by atoms with Crippen molar-refractivity contribution >= 4 is 30.8 Å². The van der Waals surface area contributed by atoms with E-state index in [1.54, 1.807) is 0 Å². The minimum atomic E-state index is -1.03. The number of rotatable bonds is 1. The molecule has 0 aromatic carbocycles. The number of nitrogens with one attached hydrogen (secondary N) is 1. The van der Waals surface area contributed by atoms with Crippen LogP contribution in [0.3, 0.4) is 0 Å². The summed E-state index contributed by atoms with van der Waals surface area (Å²) in [7, 11) is 0. The summed E-state index contributed by atoms with van der Waals surface area (Å²) < 4.78 is 0. The van der Waals surface area contributed by atoms with Gasteiger partial charge >= 0.3 is 5.97 Å². The average Bonchev–Trinajstić information content (AvgIpc) is 2.12. The van der Waals surface area contributed by atoms with Crippen LogP contribution in [0, 0.1) is 0 Å². The Morgan fingerprint density at radius 3 is 2.40 bits per heavy atom. The maximum Gasteiger partial charge on any atom is 0.371 e. The second-order valence-corrected chi connectivity index (χ2v) is 1.24. The second-order valence-electron chi connectivity index (χ2n) is 1.24. The number of H-pyrrole nitrogens is 1. The summed E-state index contributed by atoms with van der Waals surface area (Å²) in [5, 5.41) is 8.18. The number of carboxylic acid groups (broad SMARTS) is 1. The fourth-order valence-corrected chi connectivity index (χ4v) is 0.382. The van der Waals surface area contributed by atoms with Crippen molar-refractivity contribution in [1.82, 2.24) is 9.97 Å². The van der Waals surface area contributed by atoms with Gasteiger partial charge in [0.1, 0.15) is 0 Å². The lowest BCUT2D eigenvalue weighted by molar-refractivity contribution is 0.0685. The predicted molar refractivity (Wildman–Crippen MR) is 40.0 cm³/mol. The van der Waals surface area contributed by atoms with Gasteiger partial charge in [-0.15, -0.1) is 24.8 Å². The third-order valence-electron chi connectivity index (χ3n) is 0.701. The quantitative estimate of drug-likeness (QED) is 0.684. The first-order valence-electron chi connectivity index (χ1n) is 2.03. The van der Waals surface area contributed by atoms with Gasteiger partial charge in [0.25, 0.3) is 0 Å². The molecular formula is C4H6Cl2N2O2. The van der Waals surface area contributed by atoms with Crippen LogP contribution in [0.25, 0.3) is 0 Å². The second kappa shape index (κ2) is 5.08. The summed E-state index contributed by atoms with van der Waals surface area (Å²) in [6, 6.07) is 0. The number of hydrogen-bond acceptors (Lipinski definition) is 2. The van der Waals surface area contributed by atoms with Crippen LogP contribution in [-0.2, 0) is 0 Å². The summed E-state index contributed by atoms with van der Waals surface area (Å²) in [5.74, 6) is -1.06. The Bertz CT molecular complexity index is 187. The Balaban J connectivity index is 0. The maximum atomic E-state index is 9.97. The monoisotopic (exact) mass is 184 g/mol. The summed E-state index contributed by atoms with van der Waals surface area (Å²) in [4.78, 5) is 15.9. The number of aromatic amines is 1. The van der Waals surface area contributed by atoms with Crippen molar-refractivity contribution in [2.75, 3.05) is 0 Å². The molecule has 0 amide bonds. The van der Waals surface area contributed by atoms with Crippen LogP contribution in [0.15, 0.2) is 12.4 Å². The van der Waals surface area contributed by atoms with Crippen molar-refractivity contribution in [3.8, 4) is 0 Å². The minimum absolute atomic E-state index is 0. The molecule has 0 aliphatic carbocycles. The zero-order chi connectivity index (χ0) is 5.98. The maximum absolute atomic E-state index is 9.97. The zero-order valence-corrected chi connectivity index (χ0v) is 6.41. The van der Waals surface area contributed by atoms with Gasteiger partial charge in [0.2, 0.25) is 5.82 Å². The molecule has 0 unspecified atom stereocenters. The summed E-state index contributed by atoms with van der Waals surface area (Å²) >= 11 is 0. The van der Waals surface area contributed by atoms with Crippen LogP contribution < -0.4 is 0 Å². The molecule has 0 atom stereocenters. The van der Waals surface area contributed by atoms with Gasteiger partial charge in [0.05, 0.1) is 0 Å². The molecule has 1 rings (SSSR count). The molecule has 0 fully saturated rings. The molecule has 6 heteroatoms. The van der Waals surface area contributed by atoms with Gasteiger partial charge in [0, 0.05) is 12.4 Å². The van der Waals surface area contributed by atoms with E-state index in [0.29, 0.717) is 0 Å². The molecule has 0 saturated heterocycles. The molecule has 0 spiro atoms. The van der Waals surface area contributed by atoms with Crippen molar-refractivity contribution in [2.24, 2.45) is 0 Å². The molecular weight excluding hydrogens is 179 g/mol. The molecule has 0 radical (unpaired) electrons. The number of carboxylic acids is 1. The highest BCUT2D eigenvalue weighted by Gasteiger charge is 2.00. The summed E-state index contributed by atoms with van der Waals surface area (Å²) in [6.07, 6.45) is 2.85. The predicted octanol–water partition coefficient (Wildman–Crippen LogP) is 0.951. The number of aromatic nitrogens is 2. The van der Waals surface area contributed by atoms with E-state index < -0.39 is 5.97 Å². The molecule has 0 bridgehead atoms. The Hall–Kier alpha value is -0.740. The Morgan fingerprint density at radius 1 is 1.60 bits per heavy atom. The summed E-state index contributed by atoms with van der Waals surface area (Å²) in [5.41, 5.74) is 0. The third kappa shape index (κ3) is 2.70. The fourth-order valence-electron chi connectivity index (χ4n) is 0.382. The lowest BCUT2D eigenvalue weighted by Crippen LogP contribution is -1.97. The molecule has 2 N–H and O–H groups in total. The smallest absolute Gasteiger partial charge is 0.371 e. The van der Waals surface area contributed by atoms with Crippen molar-refractivity contribution in [3.63, 3.8) is 0 Å². The largest absolute Gasteiger partial charge is 0.475 e. The van der Waals surface area contributed by atoms with Crippen molar-refractivity contribution in [3.05, 3.63) is 18.2 Å². The van der Waals surface area contributed by atoms with Crippen LogP contribution in [0.5, 0.6) is 0 Å². The number of hydrogen-bond donors (Lipinski definition) is 2. The molecule has 1 aromatic rings. The van der Waals surface area contributed by atoms with E-state index in [1.165, 1.54) is 12.4 Å². The minimum Gasteiger partial charge on any atom is -0.475 e. The molecule has 1 aromatic heterocycles. The van der Waals surface area contributed by atoms with Gasteiger partial charge in [-0.1, -0.05) is 0 Å². The zero-order valence-electron chi connectivity index (χ0n) is 4.77.